The van der Waals surface area contributed by atoms with Crippen LogP contribution in [-0.4, -0.2) is 18.7 Å². The summed E-state index contributed by atoms with van der Waals surface area (Å²) in [6.07, 6.45) is -0.196. The van der Waals surface area contributed by atoms with Crippen LogP contribution < -0.4 is 10.5 Å². The van der Waals surface area contributed by atoms with Crippen molar-refractivity contribution in [3.8, 4) is 5.75 Å². The Morgan fingerprint density at radius 1 is 1.41 bits per heavy atom. The Morgan fingerprint density at radius 3 is 2.71 bits per heavy atom. The summed E-state index contributed by atoms with van der Waals surface area (Å²) in [4.78, 5) is 11.2. The van der Waals surface area contributed by atoms with E-state index in [-0.39, 0.29) is 25.0 Å². The monoisotopic (exact) mass is 241 g/mol. The van der Waals surface area contributed by atoms with Crippen LogP contribution in [0.5, 0.6) is 5.75 Å². The van der Waals surface area contributed by atoms with Crippen molar-refractivity contribution in [2.24, 2.45) is 5.73 Å². The Balaban J connectivity index is 2.57. The van der Waals surface area contributed by atoms with E-state index in [2.05, 4.69) is 0 Å². The molecule has 4 nitrogen and oxygen atoms in total. The molecule has 0 aliphatic heterocycles. The molecule has 0 unspecified atom stereocenters. The van der Waals surface area contributed by atoms with E-state index in [1.54, 1.807) is 19.9 Å². The highest BCUT2D eigenvalue weighted by atomic mass is 19.1. The standard InChI is InChI=1S/C12H16FNO3/c1-8(2)17-12(15)7-16-11-4-9(6-14)3-10(13)5-11/h3-5,8H,6-7,14H2,1-2H3. The number of carbonyl (C=O) groups is 1. The van der Waals surface area contributed by atoms with Gasteiger partial charge in [0.1, 0.15) is 11.6 Å². The van der Waals surface area contributed by atoms with Crippen molar-refractivity contribution in [2.45, 2.75) is 26.5 Å². The number of rotatable bonds is 5. The van der Waals surface area contributed by atoms with Crippen LogP contribution in [0.25, 0.3) is 0 Å². The largest absolute Gasteiger partial charge is 0.482 e. The Bertz CT molecular complexity index is 393. The number of hydrogen-bond donors (Lipinski definition) is 1. The summed E-state index contributed by atoms with van der Waals surface area (Å²) >= 11 is 0. The maximum Gasteiger partial charge on any atom is 0.344 e. The number of nitrogens with two attached hydrogens (primary N) is 1. The third-order valence-electron chi connectivity index (χ3n) is 1.89. The summed E-state index contributed by atoms with van der Waals surface area (Å²) < 4.78 is 23.1. The summed E-state index contributed by atoms with van der Waals surface area (Å²) in [6, 6.07) is 4.10. The first-order valence-electron chi connectivity index (χ1n) is 5.33. The second-order valence-electron chi connectivity index (χ2n) is 3.83. The fourth-order valence-corrected chi connectivity index (χ4v) is 1.26. The predicted molar refractivity (Wildman–Crippen MR) is 61.0 cm³/mol. The molecule has 0 bridgehead atoms. The molecule has 0 amide bonds. The predicted octanol–water partition coefficient (Wildman–Crippen LogP) is 1.61. The van der Waals surface area contributed by atoms with Crippen LogP contribution in [0.1, 0.15) is 19.4 Å². The van der Waals surface area contributed by atoms with Gasteiger partial charge in [0.2, 0.25) is 0 Å². The van der Waals surface area contributed by atoms with Gasteiger partial charge in [0.25, 0.3) is 0 Å². The number of esters is 1. The minimum absolute atomic E-state index is 0.196. The molecule has 0 saturated carbocycles. The normalized spacial score (nSPS) is 10.4. The van der Waals surface area contributed by atoms with E-state index in [4.69, 9.17) is 15.2 Å². The molecule has 0 aliphatic rings. The highest BCUT2D eigenvalue weighted by Gasteiger charge is 2.07. The highest BCUT2D eigenvalue weighted by molar-refractivity contribution is 5.71. The number of ether oxygens (including phenoxy) is 2. The number of halogens is 1. The van der Waals surface area contributed by atoms with Crippen molar-refractivity contribution in [2.75, 3.05) is 6.61 Å². The summed E-state index contributed by atoms with van der Waals surface area (Å²) in [5, 5.41) is 0. The molecule has 0 radical (unpaired) electrons. The smallest absolute Gasteiger partial charge is 0.344 e. The van der Waals surface area contributed by atoms with Crippen molar-refractivity contribution >= 4 is 5.97 Å². The van der Waals surface area contributed by atoms with Gasteiger partial charge in [-0.25, -0.2) is 9.18 Å². The topological polar surface area (TPSA) is 61.5 Å². The van der Waals surface area contributed by atoms with Gasteiger partial charge < -0.3 is 15.2 Å². The lowest BCUT2D eigenvalue weighted by molar-refractivity contribution is -0.149. The van der Waals surface area contributed by atoms with E-state index < -0.39 is 11.8 Å². The summed E-state index contributed by atoms with van der Waals surface area (Å²) in [7, 11) is 0. The zero-order chi connectivity index (χ0) is 12.8. The summed E-state index contributed by atoms with van der Waals surface area (Å²) in [6.45, 7) is 3.45. The average Bonchev–Trinajstić information content (AvgIpc) is 2.24. The fourth-order valence-electron chi connectivity index (χ4n) is 1.26. The first-order valence-corrected chi connectivity index (χ1v) is 5.33. The molecule has 0 heterocycles. The van der Waals surface area contributed by atoms with E-state index in [0.717, 1.165) is 0 Å². The third kappa shape index (κ3) is 4.82. The van der Waals surface area contributed by atoms with Gasteiger partial charge >= 0.3 is 5.97 Å². The maximum absolute atomic E-state index is 13.1. The molecule has 0 aromatic heterocycles. The molecular weight excluding hydrogens is 225 g/mol. The Kier molecular flexibility index (Phi) is 4.90. The molecular formula is C12H16FNO3. The van der Waals surface area contributed by atoms with E-state index in [0.29, 0.717) is 5.56 Å². The molecule has 2 N–H and O–H groups in total. The molecule has 0 spiro atoms. The average molecular weight is 241 g/mol. The number of hydrogen-bond acceptors (Lipinski definition) is 4. The third-order valence-corrected chi connectivity index (χ3v) is 1.89. The summed E-state index contributed by atoms with van der Waals surface area (Å²) in [5.74, 6) is -0.662. The van der Waals surface area contributed by atoms with Crippen LogP contribution in [-0.2, 0) is 16.1 Å². The fraction of sp³-hybridized carbons (Fsp3) is 0.417. The SMILES string of the molecule is CC(C)OC(=O)COc1cc(F)cc(CN)c1. The van der Waals surface area contributed by atoms with Gasteiger partial charge in [-0.15, -0.1) is 0 Å². The molecule has 0 fully saturated rings. The highest BCUT2D eigenvalue weighted by Crippen LogP contribution is 2.16. The molecule has 5 heteroatoms. The van der Waals surface area contributed by atoms with Crippen molar-refractivity contribution in [1.82, 2.24) is 0 Å². The van der Waals surface area contributed by atoms with Crippen molar-refractivity contribution in [3.63, 3.8) is 0 Å². The lowest BCUT2D eigenvalue weighted by atomic mass is 10.2. The summed E-state index contributed by atoms with van der Waals surface area (Å²) in [5.41, 5.74) is 6.00. The molecule has 1 rings (SSSR count). The van der Waals surface area contributed by atoms with Crippen LogP contribution >= 0.6 is 0 Å². The van der Waals surface area contributed by atoms with Crippen molar-refractivity contribution in [3.05, 3.63) is 29.6 Å². The zero-order valence-electron chi connectivity index (χ0n) is 9.90. The maximum atomic E-state index is 13.1. The van der Waals surface area contributed by atoms with Gasteiger partial charge in [-0.3, -0.25) is 0 Å². The number of carbonyl (C=O) groups excluding carboxylic acids is 1. The van der Waals surface area contributed by atoms with Crippen molar-refractivity contribution in [1.29, 1.82) is 0 Å². The van der Waals surface area contributed by atoms with E-state index in [9.17, 15) is 9.18 Å². The zero-order valence-corrected chi connectivity index (χ0v) is 9.90. The van der Waals surface area contributed by atoms with Gasteiger partial charge in [-0.05, 0) is 31.5 Å². The Labute approximate surface area is 99.5 Å². The first kappa shape index (κ1) is 13.4. The van der Waals surface area contributed by atoms with E-state index >= 15 is 0 Å². The minimum Gasteiger partial charge on any atom is -0.482 e. The van der Waals surface area contributed by atoms with E-state index in [1.807, 2.05) is 0 Å². The molecule has 0 aliphatic carbocycles. The Morgan fingerprint density at radius 2 is 2.12 bits per heavy atom. The van der Waals surface area contributed by atoms with Crippen molar-refractivity contribution < 1.29 is 18.7 Å². The molecule has 17 heavy (non-hydrogen) atoms. The second-order valence-corrected chi connectivity index (χ2v) is 3.83. The number of benzene rings is 1. The van der Waals surface area contributed by atoms with Crippen LogP contribution in [0.15, 0.2) is 18.2 Å². The Hall–Kier alpha value is -1.62. The molecule has 94 valence electrons. The first-order chi connectivity index (χ1) is 8.01. The minimum atomic E-state index is -0.487. The molecule has 1 aromatic rings. The molecule has 0 atom stereocenters. The van der Waals surface area contributed by atoms with Crippen LogP contribution in [0.3, 0.4) is 0 Å². The van der Waals surface area contributed by atoms with Gasteiger partial charge in [0.15, 0.2) is 6.61 Å². The van der Waals surface area contributed by atoms with Crippen LogP contribution in [0, 0.1) is 5.82 Å². The van der Waals surface area contributed by atoms with Gasteiger partial charge in [-0.1, -0.05) is 0 Å². The van der Waals surface area contributed by atoms with Gasteiger partial charge in [0.05, 0.1) is 6.10 Å². The lowest BCUT2D eigenvalue weighted by Crippen LogP contribution is -2.18. The van der Waals surface area contributed by atoms with E-state index in [1.165, 1.54) is 12.1 Å². The quantitative estimate of drug-likeness (QED) is 0.796. The molecule has 1 aromatic carbocycles. The second kappa shape index (κ2) is 6.20. The molecule has 0 saturated heterocycles. The van der Waals surface area contributed by atoms with Crippen LogP contribution in [0.4, 0.5) is 4.39 Å². The lowest BCUT2D eigenvalue weighted by Gasteiger charge is -2.10. The van der Waals surface area contributed by atoms with Gasteiger partial charge in [-0.2, -0.15) is 0 Å². The van der Waals surface area contributed by atoms with Crippen LogP contribution in [0.2, 0.25) is 0 Å². The van der Waals surface area contributed by atoms with Gasteiger partial charge in [0, 0.05) is 12.6 Å².